The van der Waals surface area contributed by atoms with Crippen LogP contribution in [0.15, 0.2) is 24.3 Å². The number of hydrogen-bond donors (Lipinski definition) is 1. The molecule has 2 amide bonds. The van der Waals surface area contributed by atoms with E-state index in [1.807, 2.05) is 32.0 Å². The molecule has 1 heterocycles. The molecule has 0 bridgehead atoms. The standard InChI is InChI=1S/C26H38N4O6/c1-16(2)12-19(26(33)29(5)15-23(31)36-8)27-25(32)18-13-20(30(28-18)14-17(3)4)24-21(34-6)10-9-11-22(24)35-7/h9-11,13,16-17,19H,12,14-15H2,1-8H3,(H,27,32)/t19-/m0/s1. The van der Waals surface area contributed by atoms with Crippen LogP contribution in [0.4, 0.5) is 0 Å². The van der Waals surface area contributed by atoms with Gasteiger partial charge in [0.2, 0.25) is 5.91 Å². The molecule has 2 aromatic rings. The van der Waals surface area contributed by atoms with Gasteiger partial charge in [-0.2, -0.15) is 5.10 Å². The normalized spacial score (nSPS) is 11.8. The molecule has 1 aromatic carbocycles. The quantitative estimate of drug-likeness (QED) is 0.444. The van der Waals surface area contributed by atoms with Crippen LogP contribution in [0.1, 0.15) is 44.6 Å². The lowest BCUT2D eigenvalue weighted by Gasteiger charge is -2.24. The van der Waals surface area contributed by atoms with Crippen molar-refractivity contribution < 1.29 is 28.6 Å². The van der Waals surface area contributed by atoms with Gasteiger partial charge in [-0.15, -0.1) is 0 Å². The van der Waals surface area contributed by atoms with E-state index in [2.05, 4.69) is 29.0 Å². The highest BCUT2D eigenvalue weighted by molar-refractivity contribution is 5.97. The van der Waals surface area contributed by atoms with Gasteiger partial charge in [-0.3, -0.25) is 19.1 Å². The molecule has 0 aliphatic heterocycles. The molecule has 0 unspecified atom stereocenters. The van der Waals surface area contributed by atoms with Crippen LogP contribution in [0.2, 0.25) is 0 Å². The molecule has 10 heteroatoms. The molecule has 0 aliphatic carbocycles. The van der Waals surface area contributed by atoms with Gasteiger partial charge >= 0.3 is 5.97 Å². The lowest BCUT2D eigenvalue weighted by atomic mass is 10.0. The van der Waals surface area contributed by atoms with Crippen LogP contribution in [0.3, 0.4) is 0 Å². The second kappa shape index (κ2) is 12.9. The molecule has 1 aromatic heterocycles. The summed E-state index contributed by atoms with van der Waals surface area (Å²) in [5, 5.41) is 7.39. The Morgan fingerprint density at radius 2 is 1.64 bits per heavy atom. The van der Waals surface area contributed by atoms with Crippen LogP contribution in [-0.2, 0) is 20.9 Å². The number of amides is 2. The number of likely N-dealkylation sites (N-methyl/N-ethyl adjacent to an activating group) is 1. The minimum atomic E-state index is -0.827. The van der Waals surface area contributed by atoms with Crippen LogP contribution in [0.5, 0.6) is 11.5 Å². The fourth-order valence-corrected chi connectivity index (χ4v) is 3.84. The van der Waals surface area contributed by atoms with Gasteiger partial charge in [0.1, 0.15) is 24.1 Å². The summed E-state index contributed by atoms with van der Waals surface area (Å²) >= 11 is 0. The molecule has 0 radical (unpaired) electrons. The Kier molecular flexibility index (Phi) is 10.3. The summed E-state index contributed by atoms with van der Waals surface area (Å²) < 4.78 is 17.5. The Morgan fingerprint density at radius 1 is 1.03 bits per heavy atom. The van der Waals surface area contributed by atoms with Gasteiger partial charge in [0, 0.05) is 13.6 Å². The molecule has 2 rings (SSSR count). The van der Waals surface area contributed by atoms with Gasteiger partial charge in [-0.25, -0.2) is 0 Å². The smallest absolute Gasteiger partial charge is 0.325 e. The van der Waals surface area contributed by atoms with Gasteiger partial charge in [0.15, 0.2) is 5.69 Å². The molecular formula is C26H38N4O6. The van der Waals surface area contributed by atoms with Gasteiger partial charge < -0.3 is 24.4 Å². The van der Waals surface area contributed by atoms with E-state index in [-0.39, 0.29) is 30.0 Å². The summed E-state index contributed by atoms with van der Waals surface area (Å²) in [4.78, 5) is 39.3. The second-order valence-electron chi connectivity index (χ2n) is 9.45. The van der Waals surface area contributed by atoms with Crippen LogP contribution in [0, 0.1) is 11.8 Å². The van der Waals surface area contributed by atoms with Gasteiger partial charge in [-0.1, -0.05) is 33.8 Å². The summed E-state index contributed by atoms with van der Waals surface area (Å²) in [6.07, 6.45) is 0.399. The Hall–Kier alpha value is -3.56. The Labute approximate surface area is 212 Å². The summed E-state index contributed by atoms with van der Waals surface area (Å²) in [6.45, 7) is 8.37. The highest BCUT2D eigenvalue weighted by Gasteiger charge is 2.28. The average molecular weight is 503 g/mol. The Bertz CT molecular complexity index is 1040. The van der Waals surface area contributed by atoms with E-state index in [1.54, 1.807) is 25.0 Å². The maximum absolute atomic E-state index is 13.3. The van der Waals surface area contributed by atoms with Crippen molar-refractivity contribution in [2.24, 2.45) is 11.8 Å². The first-order valence-corrected chi connectivity index (χ1v) is 11.9. The Morgan fingerprint density at radius 3 is 2.14 bits per heavy atom. The van der Waals surface area contributed by atoms with E-state index in [4.69, 9.17) is 9.47 Å². The highest BCUT2D eigenvalue weighted by Crippen LogP contribution is 2.38. The third-order valence-corrected chi connectivity index (χ3v) is 5.52. The van der Waals surface area contributed by atoms with Crippen molar-refractivity contribution in [2.75, 3.05) is 34.9 Å². The van der Waals surface area contributed by atoms with E-state index >= 15 is 0 Å². The maximum Gasteiger partial charge on any atom is 0.325 e. The molecule has 0 saturated carbocycles. The molecule has 0 saturated heterocycles. The van der Waals surface area contributed by atoms with Crippen molar-refractivity contribution in [1.82, 2.24) is 20.0 Å². The maximum atomic E-state index is 13.3. The monoisotopic (exact) mass is 502 g/mol. The molecule has 198 valence electrons. The molecule has 0 spiro atoms. The van der Waals surface area contributed by atoms with Crippen molar-refractivity contribution in [3.63, 3.8) is 0 Å². The predicted molar refractivity (Wildman–Crippen MR) is 136 cm³/mol. The Balaban J connectivity index is 2.44. The summed E-state index contributed by atoms with van der Waals surface area (Å²) in [5.74, 6) is 0.143. The zero-order valence-electron chi connectivity index (χ0n) is 22.5. The van der Waals surface area contributed by atoms with Crippen LogP contribution < -0.4 is 14.8 Å². The van der Waals surface area contributed by atoms with E-state index in [9.17, 15) is 14.4 Å². The average Bonchev–Trinajstić information content (AvgIpc) is 3.24. The van der Waals surface area contributed by atoms with Crippen molar-refractivity contribution in [3.8, 4) is 22.8 Å². The van der Waals surface area contributed by atoms with Gasteiger partial charge in [0.25, 0.3) is 5.91 Å². The third kappa shape index (κ3) is 7.22. The minimum absolute atomic E-state index is 0.123. The predicted octanol–water partition coefficient (Wildman–Crippen LogP) is 3.00. The van der Waals surface area contributed by atoms with E-state index in [0.717, 1.165) is 0 Å². The molecule has 0 fully saturated rings. The minimum Gasteiger partial charge on any atom is -0.496 e. The number of hydrogen-bond acceptors (Lipinski definition) is 7. The van der Waals surface area contributed by atoms with Crippen LogP contribution in [-0.4, -0.2) is 73.4 Å². The number of aromatic nitrogens is 2. The van der Waals surface area contributed by atoms with Crippen LogP contribution in [0.25, 0.3) is 11.3 Å². The zero-order chi connectivity index (χ0) is 27.0. The number of methoxy groups -OCH3 is 3. The number of carbonyl (C=O) groups excluding carboxylic acids is 3. The van der Waals surface area contributed by atoms with E-state index in [1.165, 1.54) is 19.1 Å². The molecule has 36 heavy (non-hydrogen) atoms. The van der Waals surface area contributed by atoms with Crippen molar-refractivity contribution in [3.05, 3.63) is 30.0 Å². The fourth-order valence-electron chi connectivity index (χ4n) is 3.84. The lowest BCUT2D eigenvalue weighted by molar-refractivity contribution is -0.146. The van der Waals surface area contributed by atoms with Gasteiger partial charge in [0.05, 0.1) is 32.6 Å². The van der Waals surface area contributed by atoms with Crippen LogP contribution >= 0.6 is 0 Å². The highest BCUT2D eigenvalue weighted by atomic mass is 16.5. The number of nitrogens with zero attached hydrogens (tertiary/aromatic N) is 3. The number of carbonyl (C=O) groups is 3. The summed E-state index contributed by atoms with van der Waals surface area (Å²) in [5.41, 5.74) is 1.51. The largest absolute Gasteiger partial charge is 0.496 e. The summed E-state index contributed by atoms with van der Waals surface area (Å²) in [7, 11) is 5.90. The first-order chi connectivity index (χ1) is 17.0. The molecule has 0 aliphatic rings. The second-order valence-corrected chi connectivity index (χ2v) is 9.45. The first kappa shape index (κ1) is 28.7. The lowest BCUT2D eigenvalue weighted by Crippen LogP contribution is -2.49. The molecular weight excluding hydrogens is 464 g/mol. The first-order valence-electron chi connectivity index (χ1n) is 11.9. The molecule has 10 nitrogen and oxygen atoms in total. The summed E-state index contributed by atoms with van der Waals surface area (Å²) in [6, 6.07) is 6.31. The zero-order valence-corrected chi connectivity index (χ0v) is 22.5. The van der Waals surface area contributed by atoms with E-state index in [0.29, 0.717) is 35.7 Å². The third-order valence-electron chi connectivity index (χ3n) is 5.52. The SMILES string of the molecule is COC(=O)CN(C)C(=O)[C@H](CC(C)C)NC(=O)c1cc(-c2c(OC)cccc2OC)n(CC(C)C)n1. The topological polar surface area (TPSA) is 112 Å². The van der Waals surface area contributed by atoms with Crippen molar-refractivity contribution >= 4 is 17.8 Å². The van der Waals surface area contributed by atoms with E-state index < -0.39 is 17.9 Å². The fraction of sp³-hybridized carbons (Fsp3) is 0.538. The number of rotatable bonds is 12. The number of nitrogens with one attached hydrogen (secondary N) is 1. The van der Waals surface area contributed by atoms with Crippen molar-refractivity contribution in [1.29, 1.82) is 0 Å². The number of ether oxygens (including phenoxy) is 3. The molecule has 1 N–H and O–H groups in total. The number of esters is 1. The number of benzene rings is 1. The van der Waals surface area contributed by atoms with Gasteiger partial charge in [-0.05, 0) is 36.5 Å². The van der Waals surface area contributed by atoms with Crippen molar-refractivity contribution in [2.45, 2.75) is 46.7 Å². The molecule has 1 atom stereocenters.